The van der Waals surface area contributed by atoms with Gasteiger partial charge in [0, 0.05) is 38.4 Å². The summed E-state index contributed by atoms with van der Waals surface area (Å²) in [6, 6.07) is 1.74. The van der Waals surface area contributed by atoms with Crippen molar-refractivity contribution in [1.29, 1.82) is 0 Å². The molecule has 122 valence electrons. The van der Waals surface area contributed by atoms with E-state index in [2.05, 4.69) is 45.7 Å². The zero-order valence-corrected chi connectivity index (χ0v) is 14.5. The molecule has 0 N–H and O–H groups in total. The molecule has 8 nitrogen and oxygen atoms in total. The van der Waals surface area contributed by atoms with Crippen LogP contribution in [0.25, 0.3) is 0 Å². The van der Waals surface area contributed by atoms with Crippen molar-refractivity contribution in [2.45, 2.75) is 0 Å². The number of nitrogens with zero attached hydrogens (tertiary/aromatic N) is 6. The molecule has 3 heterocycles. The summed E-state index contributed by atoms with van der Waals surface area (Å²) in [6.45, 7) is 3.14. The van der Waals surface area contributed by atoms with E-state index in [1.165, 1.54) is 0 Å². The fourth-order valence-corrected chi connectivity index (χ4v) is 2.70. The zero-order chi connectivity index (χ0) is 16.2. The average molecular weight is 381 g/mol. The van der Waals surface area contributed by atoms with Crippen LogP contribution in [0.2, 0.25) is 0 Å². The lowest BCUT2D eigenvalue weighted by Gasteiger charge is -2.34. The van der Waals surface area contributed by atoms with Gasteiger partial charge in [-0.25, -0.2) is 9.97 Å². The highest BCUT2D eigenvalue weighted by Gasteiger charge is 2.21. The molecule has 3 rings (SSSR count). The van der Waals surface area contributed by atoms with Crippen LogP contribution >= 0.6 is 15.9 Å². The monoisotopic (exact) mass is 380 g/mol. The van der Waals surface area contributed by atoms with Gasteiger partial charge in [-0.15, -0.1) is 0 Å². The Balaban J connectivity index is 1.68. The minimum absolute atomic E-state index is 0.536. The maximum absolute atomic E-state index is 5.22. The molecule has 0 atom stereocenters. The van der Waals surface area contributed by atoms with Crippen LogP contribution in [0.15, 0.2) is 22.9 Å². The molecule has 0 saturated carbocycles. The summed E-state index contributed by atoms with van der Waals surface area (Å²) in [5.74, 6) is 2.45. The number of hydrogen-bond acceptors (Lipinski definition) is 8. The van der Waals surface area contributed by atoms with Gasteiger partial charge in [0.2, 0.25) is 23.7 Å². The van der Waals surface area contributed by atoms with Crippen LogP contribution in [0, 0.1) is 0 Å². The minimum Gasteiger partial charge on any atom is -0.481 e. The van der Waals surface area contributed by atoms with E-state index >= 15 is 0 Å². The van der Waals surface area contributed by atoms with Crippen LogP contribution in [0.1, 0.15) is 0 Å². The number of methoxy groups -OCH3 is 2. The summed E-state index contributed by atoms with van der Waals surface area (Å²) in [5, 5.41) is 0. The first kappa shape index (κ1) is 15.7. The van der Waals surface area contributed by atoms with Crippen molar-refractivity contribution in [3.8, 4) is 11.8 Å². The molecule has 1 fully saturated rings. The molecule has 0 aliphatic carbocycles. The predicted molar refractivity (Wildman–Crippen MR) is 89.3 cm³/mol. The standard InChI is InChI=1S/C14H17BrN6O2/c1-22-11-3-4-16-13(18-11)20-5-7-21(8-6-20)14-17-9-10(15)12(19-14)23-2/h3-4,9H,5-8H2,1-2H3. The first-order chi connectivity index (χ1) is 11.2. The van der Waals surface area contributed by atoms with Gasteiger partial charge in [0.25, 0.3) is 0 Å². The molecule has 2 aromatic rings. The van der Waals surface area contributed by atoms with Gasteiger partial charge in [-0.05, 0) is 15.9 Å². The second-order valence-corrected chi connectivity index (χ2v) is 5.75. The Morgan fingerprint density at radius 2 is 1.61 bits per heavy atom. The zero-order valence-electron chi connectivity index (χ0n) is 12.9. The molecule has 1 aliphatic heterocycles. The second kappa shape index (κ2) is 6.95. The maximum atomic E-state index is 5.22. The van der Waals surface area contributed by atoms with E-state index in [1.54, 1.807) is 32.7 Å². The highest BCUT2D eigenvalue weighted by atomic mass is 79.9. The first-order valence-electron chi connectivity index (χ1n) is 7.14. The largest absolute Gasteiger partial charge is 0.481 e. The Hall–Kier alpha value is -2.16. The molecule has 0 unspecified atom stereocenters. The third-order valence-electron chi connectivity index (χ3n) is 3.56. The summed E-state index contributed by atoms with van der Waals surface area (Å²) < 4.78 is 11.1. The van der Waals surface area contributed by atoms with Gasteiger partial charge in [0.15, 0.2) is 0 Å². The fourth-order valence-electron chi connectivity index (χ4n) is 2.34. The predicted octanol–water partition coefficient (Wildman–Crippen LogP) is 1.37. The first-order valence-corrected chi connectivity index (χ1v) is 7.94. The highest BCUT2D eigenvalue weighted by Crippen LogP contribution is 2.24. The molecule has 0 aromatic carbocycles. The lowest BCUT2D eigenvalue weighted by molar-refractivity contribution is 0.393. The molecule has 1 saturated heterocycles. The Bertz CT molecular complexity index is 678. The van der Waals surface area contributed by atoms with E-state index in [1.807, 2.05) is 0 Å². The molecule has 0 amide bonds. The lowest BCUT2D eigenvalue weighted by Crippen LogP contribution is -2.47. The molecule has 9 heteroatoms. The van der Waals surface area contributed by atoms with Gasteiger partial charge in [0.05, 0.1) is 24.9 Å². The van der Waals surface area contributed by atoms with Crippen molar-refractivity contribution >= 4 is 27.8 Å². The summed E-state index contributed by atoms with van der Waals surface area (Å²) in [4.78, 5) is 21.7. The van der Waals surface area contributed by atoms with E-state index in [0.717, 1.165) is 30.7 Å². The number of rotatable bonds is 4. The van der Waals surface area contributed by atoms with Crippen molar-refractivity contribution in [3.05, 3.63) is 22.9 Å². The molecule has 23 heavy (non-hydrogen) atoms. The minimum atomic E-state index is 0.536. The molecule has 0 spiro atoms. The fraction of sp³-hybridized carbons (Fsp3) is 0.429. The number of aromatic nitrogens is 4. The lowest BCUT2D eigenvalue weighted by atomic mass is 10.3. The molecule has 0 bridgehead atoms. The Morgan fingerprint density at radius 3 is 2.22 bits per heavy atom. The molecule has 2 aromatic heterocycles. The van der Waals surface area contributed by atoms with Crippen molar-refractivity contribution < 1.29 is 9.47 Å². The van der Waals surface area contributed by atoms with Crippen molar-refractivity contribution in [2.24, 2.45) is 0 Å². The van der Waals surface area contributed by atoms with E-state index in [0.29, 0.717) is 23.7 Å². The van der Waals surface area contributed by atoms with E-state index < -0.39 is 0 Å². The average Bonchev–Trinajstić information content (AvgIpc) is 2.62. The third kappa shape index (κ3) is 3.44. The van der Waals surface area contributed by atoms with Crippen LogP contribution in [-0.2, 0) is 0 Å². The summed E-state index contributed by atoms with van der Waals surface area (Å²) in [7, 11) is 3.19. The van der Waals surface area contributed by atoms with Gasteiger partial charge in [-0.2, -0.15) is 9.97 Å². The van der Waals surface area contributed by atoms with Gasteiger partial charge in [-0.1, -0.05) is 0 Å². The van der Waals surface area contributed by atoms with Crippen molar-refractivity contribution in [3.63, 3.8) is 0 Å². The van der Waals surface area contributed by atoms with Crippen LogP contribution in [0.3, 0.4) is 0 Å². The topological polar surface area (TPSA) is 76.5 Å². The number of anilines is 2. The van der Waals surface area contributed by atoms with Crippen LogP contribution < -0.4 is 19.3 Å². The number of hydrogen-bond donors (Lipinski definition) is 0. The van der Waals surface area contributed by atoms with E-state index in [-0.39, 0.29) is 0 Å². The smallest absolute Gasteiger partial charge is 0.232 e. The SMILES string of the molecule is COc1ccnc(N2CCN(c3ncc(Br)c(OC)n3)CC2)n1. The number of ether oxygens (including phenoxy) is 2. The third-order valence-corrected chi connectivity index (χ3v) is 4.11. The maximum Gasteiger partial charge on any atom is 0.232 e. The molecular formula is C14H17BrN6O2. The quantitative estimate of drug-likeness (QED) is 0.786. The molecular weight excluding hydrogens is 364 g/mol. The van der Waals surface area contributed by atoms with Crippen LogP contribution in [0.5, 0.6) is 11.8 Å². The van der Waals surface area contributed by atoms with Crippen LogP contribution in [0.4, 0.5) is 11.9 Å². The van der Waals surface area contributed by atoms with Crippen molar-refractivity contribution in [2.75, 3.05) is 50.2 Å². The summed E-state index contributed by atoms with van der Waals surface area (Å²) in [6.07, 6.45) is 3.41. The van der Waals surface area contributed by atoms with Gasteiger partial charge in [0.1, 0.15) is 0 Å². The highest BCUT2D eigenvalue weighted by molar-refractivity contribution is 9.10. The molecule has 1 aliphatic rings. The number of piperazine rings is 1. The Kier molecular flexibility index (Phi) is 4.75. The normalized spacial score (nSPS) is 14.7. The van der Waals surface area contributed by atoms with E-state index in [4.69, 9.17) is 9.47 Å². The number of halogens is 1. The van der Waals surface area contributed by atoms with Gasteiger partial charge < -0.3 is 19.3 Å². The molecule has 0 radical (unpaired) electrons. The van der Waals surface area contributed by atoms with Crippen LogP contribution in [-0.4, -0.2) is 60.3 Å². The van der Waals surface area contributed by atoms with E-state index in [9.17, 15) is 0 Å². The Morgan fingerprint density at radius 1 is 0.957 bits per heavy atom. The van der Waals surface area contributed by atoms with Crippen molar-refractivity contribution in [1.82, 2.24) is 19.9 Å². The van der Waals surface area contributed by atoms with Gasteiger partial charge in [-0.3, -0.25) is 0 Å². The Labute approximate surface area is 142 Å². The summed E-state index contributed by atoms with van der Waals surface area (Å²) in [5.41, 5.74) is 0. The van der Waals surface area contributed by atoms with Gasteiger partial charge >= 0.3 is 0 Å². The summed E-state index contributed by atoms with van der Waals surface area (Å²) >= 11 is 3.36. The second-order valence-electron chi connectivity index (χ2n) is 4.90.